The van der Waals surface area contributed by atoms with Crippen LogP contribution in [0, 0.1) is 11.8 Å². The molecule has 2 aliphatic rings. The van der Waals surface area contributed by atoms with Crippen LogP contribution in [0.25, 0.3) is 0 Å². The fourth-order valence-electron chi connectivity index (χ4n) is 3.94. The molecule has 1 heterocycles. The largest absolute Gasteiger partial charge is 0.352 e. The van der Waals surface area contributed by atoms with Crippen LogP contribution in [0.4, 0.5) is 0 Å². The van der Waals surface area contributed by atoms with E-state index in [1.165, 1.54) is 43.2 Å². The number of allylic oxidation sites excluding steroid dienone is 1. The molecule has 1 aliphatic carbocycles. The van der Waals surface area contributed by atoms with Gasteiger partial charge in [-0.25, -0.2) is 0 Å². The first-order valence-electron chi connectivity index (χ1n) is 9.39. The Hall–Kier alpha value is -0.830. The zero-order valence-corrected chi connectivity index (χ0v) is 15.4. The van der Waals surface area contributed by atoms with Crippen molar-refractivity contribution in [2.75, 3.05) is 13.2 Å². The maximum absolute atomic E-state index is 6.09. The van der Waals surface area contributed by atoms with Crippen LogP contribution in [-0.4, -0.2) is 19.5 Å². The normalized spacial score (nSPS) is 31.4. The van der Waals surface area contributed by atoms with Gasteiger partial charge in [0, 0.05) is 17.4 Å². The number of aryl methyl sites for hydroxylation is 1. The van der Waals surface area contributed by atoms with Crippen molar-refractivity contribution in [3.8, 4) is 0 Å². The first kappa shape index (κ1) is 18.0. The smallest absolute Gasteiger partial charge is 0.160 e. The van der Waals surface area contributed by atoms with Crippen LogP contribution in [0.3, 0.4) is 0 Å². The Morgan fingerprint density at radius 2 is 1.71 bits per heavy atom. The van der Waals surface area contributed by atoms with Gasteiger partial charge in [-0.1, -0.05) is 55.3 Å². The van der Waals surface area contributed by atoms with Crippen LogP contribution in [0.15, 0.2) is 35.9 Å². The molecule has 0 aromatic heterocycles. The summed E-state index contributed by atoms with van der Waals surface area (Å²) in [5.41, 5.74) is 4.42. The summed E-state index contributed by atoms with van der Waals surface area (Å²) in [6.07, 6.45) is 9.19. The topological polar surface area (TPSA) is 18.5 Å². The molecule has 0 bridgehead atoms. The Morgan fingerprint density at radius 3 is 2.29 bits per heavy atom. The van der Waals surface area contributed by atoms with E-state index < -0.39 is 0 Å². The predicted octanol–water partition coefficient (Wildman–Crippen LogP) is 5.65. The third-order valence-electron chi connectivity index (χ3n) is 5.46. The Balaban J connectivity index is 1.47. The van der Waals surface area contributed by atoms with Gasteiger partial charge in [-0.2, -0.15) is 0 Å². The Morgan fingerprint density at radius 1 is 1.04 bits per heavy atom. The molecule has 0 N–H and O–H groups in total. The van der Waals surface area contributed by atoms with E-state index in [1.54, 1.807) is 5.54 Å². The van der Waals surface area contributed by atoms with Crippen molar-refractivity contribution in [1.29, 1.82) is 0 Å². The van der Waals surface area contributed by atoms with Crippen LogP contribution in [0.2, 0.25) is 0 Å². The van der Waals surface area contributed by atoms with Gasteiger partial charge in [-0.3, -0.25) is 0 Å². The summed E-state index contributed by atoms with van der Waals surface area (Å²) in [7, 11) is 0. The second kappa shape index (κ2) is 9.03. The van der Waals surface area contributed by atoms with Gasteiger partial charge in [0.25, 0.3) is 0 Å². The molecule has 0 unspecified atom stereocenters. The number of halogens is 1. The van der Waals surface area contributed by atoms with E-state index in [1.807, 2.05) is 0 Å². The minimum absolute atomic E-state index is 0.0125. The predicted molar refractivity (Wildman–Crippen MR) is 99.3 cm³/mol. The average molecular weight is 349 g/mol. The van der Waals surface area contributed by atoms with E-state index in [0.717, 1.165) is 19.6 Å². The van der Waals surface area contributed by atoms with Gasteiger partial charge < -0.3 is 9.47 Å². The van der Waals surface area contributed by atoms with Crippen LogP contribution in [0.5, 0.6) is 0 Å². The summed E-state index contributed by atoms with van der Waals surface area (Å²) in [4.78, 5) is 0. The lowest BCUT2D eigenvalue weighted by molar-refractivity contribution is -0.217. The average Bonchev–Trinajstić information content (AvgIpc) is 2.64. The maximum Gasteiger partial charge on any atom is 0.160 e. The fraction of sp³-hybridized carbons (Fsp3) is 0.619. The lowest BCUT2D eigenvalue weighted by atomic mass is 9.81. The van der Waals surface area contributed by atoms with E-state index in [4.69, 9.17) is 21.1 Å². The van der Waals surface area contributed by atoms with E-state index in [-0.39, 0.29) is 6.29 Å². The quantitative estimate of drug-likeness (QED) is 0.684. The molecule has 0 spiro atoms. The van der Waals surface area contributed by atoms with Crippen molar-refractivity contribution < 1.29 is 9.47 Å². The number of hydrogen-bond acceptors (Lipinski definition) is 2. The van der Waals surface area contributed by atoms with Gasteiger partial charge in [0.15, 0.2) is 6.29 Å². The van der Waals surface area contributed by atoms with Gasteiger partial charge in [-0.05, 0) is 49.1 Å². The molecular weight excluding hydrogens is 320 g/mol. The van der Waals surface area contributed by atoms with Gasteiger partial charge >= 0.3 is 0 Å². The Bertz CT molecular complexity index is 509. The molecule has 2 fully saturated rings. The van der Waals surface area contributed by atoms with E-state index in [9.17, 15) is 0 Å². The molecule has 0 amide bonds. The van der Waals surface area contributed by atoms with Gasteiger partial charge in [0.2, 0.25) is 0 Å². The highest BCUT2D eigenvalue weighted by Crippen LogP contribution is 2.35. The highest BCUT2D eigenvalue weighted by atomic mass is 35.5. The molecule has 1 saturated heterocycles. The fourth-order valence-corrected chi connectivity index (χ4v) is 4.15. The summed E-state index contributed by atoms with van der Waals surface area (Å²) in [6, 6.07) is 8.98. The Kier molecular flexibility index (Phi) is 6.76. The number of benzene rings is 1. The minimum atomic E-state index is -0.0125. The van der Waals surface area contributed by atoms with Crippen molar-refractivity contribution in [3.05, 3.63) is 47.0 Å². The summed E-state index contributed by atoms with van der Waals surface area (Å²) in [6.45, 7) is 3.77. The lowest BCUT2D eigenvalue weighted by Gasteiger charge is -2.37. The lowest BCUT2D eigenvalue weighted by Crippen LogP contribution is -2.37. The zero-order valence-electron chi connectivity index (χ0n) is 14.6. The van der Waals surface area contributed by atoms with Gasteiger partial charge in [-0.15, -0.1) is 0 Å². The Labute approximate surface area is 151 Å². The molecule has 132 valence electrons. The van der Waals surface area contributed by atoms with E-state index >= 15 is 0 Å². The molecule has 3 rings (SSSR count). The van der Waals surface area contributed by atoms with E-state index in [2.05, 4.69) is 37.3 Å². The molecule has 2 nitrogen and oxygen atoms in total. The van der Waals surface area contributed by atoms with E-state index in [0.29, 0.717) is 17.8 Å². The van der Waals surface area contributed by atoms with Crippen molar-refractivity contribution in [1.82, 2.24) is 0 Å². The number of rotatable bonds is 5. The highest BCUT2D eigenvalue weighted by molar-refractivity contribution is 6.25. The second-order valence-corrected chi connectivity index (χ2v) is 7.47. The molecule has 0 radical (unpaired) electrons. The molecule has 1 aromatic rings. The second-order valence-electron chi connectivity index (χ2n) is 7.22. The summed E-state index contributed by atoms with van der Waals surface area (Å²) in [5.74, 6) is 1.54. The standard InChI is InChI=1S/C21H29ClO2/c1-2-3-16-4-8-18(9-5-16)20-14-23-21(24-15-20)19-10-6-17(7-11-19)12-13-22/h4-5,8-9,12-13,17,19-21H,2-3,6-7,10-11,14-15H2,1H3/b13-12+. The summed E-state index contributed by atoms with van der Waals surface area (Å²) < 4.78 is 12.2. The highest BCUT2D eigenvalue weighted by Gasteiger charge is 2.32. The number of ether oxygens (including phenoxy) is 2. The maximum atomic E-state index is 6.09. The molecular formula is C21H29ClO2. The molecule has 1 aromatic carbocycles. The van der Waals surface area contributed by atoms with Crippen LogP contribution >= 0.6 is 11.6 Å². The zero-order chi connectivity index (χ0) is 16.8. The first-order valence-corrected chi connectivity index (χ1v) is 9.82. The minimum Gasteiger partial charge on any atom is -0.352 e. The monoisotopic (exact) mass is 348 g/mol. The summed E-state index contributed by atoms with van der Waals surface area (Å²) >= 11 is 5.69. The molecule has 1 saturated carbocycles. The van der Waals surface area contributed by atoms with Crippen LogP contribution in [0.1, 0.15) is 56.1 Å². The molecule has 3 heteroatoms. The van der Waals surface area contributed by atoms with Crippen LogP contribution in [-0.2, 0) is 15.9 Å². The van der Waals surface area contributed by atoms with Crippen molar-refractivity contribution in [2.45, 2.75) is 57.7 Å². The van der Waals surface area contributed by atoms with Crippen LogP contribution < -0.4 is 0 Å². The van der Waals surface area contributed by atoms with Crippen molar-refractivity contribution in [2.24, 2.45) is 11.8 Å². The van der Waals surface area contributed by atoms with Gasteiger partial charge in [0.1, 0.15) is 0 Å². The SMILES string of the molecule is CCCc1ccc(C2COC(C3CCC(/C=C/Cl)CC3)OC2)cc1. The summed E-state index contributed by atoms with van der Waals surface area (Å²) in [5, 5.41) is 0. The molecule has 24 heavy (non-hydrogen) atoms. The molecule has 1 aliphatic heterocycles. The third kappa shape index (κ3) is 4.62. The number of hydrogen-bond donors (Lipinski definition) is 0. The molecule has 0 atom stereocenters. The first-order chi connectivity index (χ1) is 11.8. The van der Waals surface area contributed by atoms with Crippen molar-refractivity contribution >= 4 is 11.6 Å². The van der Waals surface area contributed by atoms with Gasteiger partial charge in [0.05, 0.1) is 13.2 Å². The van der Waals surface area contributed by atoms with Crippen molar-refractivity contribution in [3.63, 3.8) is 0 Å². The third-order valence-corrected chi connectivity index (χ3v) is 5.60.